The van der Waals surface area contributed by atoms with E-state index in [4.69, 9.17) is 9.47 Å². The molecule has 27 heavy (non-hydrogen) atoms. The number of nitrogens with one attached hydrogen (secondary N) is 1. The summed E-state index contributed by atoms with van der Waals surface area (Å²) in [5, 5.41) is 1.09. The Morgan fingerprint density at radius 1 is 1.22 bits per heavy atom. The number of nitrogens with zero attached hydrogens (tertiary/aromatic N) is 1. The van der Waals surface area contributed by atoms with Gasteiger partial charge in [0.2, 0.25) is 5.91 Å². The summed E-state index contributed by atoms with van der Waals surface area (Å²) in [7, 11) is 3.15. The summed E-state index contributed by atoms with van der Waals surface area (Å²) in [5.74, 6) is 0.403. The van der Waals surface area contributed by atoms with Crippen LogP contribution < -0.4 is 4.74 Å². The van der Waals surface area contributed by atoms with Crippen LogP contribution in [0, 0.1) is 5.82 Å². The predicted molar refractivity (Wildman–Crippen MR) is 100 cm³/mol. The number of halogens is 1. The average Bonchev–Trinajstić information content (AvgIpc) is 3.06. The Kier molecular flexibility index (Phi) is 4.58. The zero-order valence-corrected chi connectivity index (χ0v) is 15.3. The summed E-state index contributed by atoms with van der Waals surface area (Å²) in [6.45, 7) is 0.586. The topological polar surface area (TPSA) is 54.6 Å². The molecule has 0 aliphatic carbocycles. The summed E-state index contributed by atoms with van der Waals surface area (Å²) in [6.07, 6.45) is 0.732. The summed E-state index contributed by atoms with van der Waals surface area (Å²) in [4.78, 5) is 17.9. The van der Waals surface area contributed by atoms with Gasteiger partial charge in [-0.25, -0.2) is 4.39 Å². The third-order valence-electron chi connectivity index (χ3n) is 5.11. The van der Waals surface area contributed by atoms with Crippen molar-refractivity contribution >= 4 is 16.8 Å². The molecule has 1 aliphatic rings. The van der Waals surface area contributed by atoms with Crippen molar-refractivity contribution in [2.45, 2.75) is 12.5 Å². The first-order valence-electron chi connectivity index (χ1n) is 8.84. The molecule has 0 spiro atoms. The van der Waals surface area contributed by atoms with Gasteiger partial charge in [-0.15, -0.1) is 0 Å². The number of carbonyl (C=O) groups is 1. The summed E-state index contributed by atoms with van der Waals surface area (Å²) < 4.78 is 23.9. The molecule has 140 valence electrons. The van der Waals surface area contributed by atoms with E-state index >= 15 is 0 Å². The van der Waals surface area contributed by atoms with Gasteiger partial charge in [0, 0.05) is 30.3 Å². The molecule has 5 nitrogen and oxygen atoms in total. The first-order chi connectivity index (χ1) is 13.1. The largest absolute Gasteiger partial charge is 0.497 e. The van der Waals surface area contributed by atoms with E-state index in [9.17, 15) is 9.18 Å². The molecule has 1 amide bonds. The van der Waals surface area contributed by atoms with Gasteiger partial charge in [0.25, 0.3) is 0 Å². The van der Waals surface area contributed by atoms with Crippen LogP contribution >= 0.6 is 0 Å². The standard InChI is InChI=1S/C21H21FN2O3/c1-26-12-19(25)24-10-9-16-17-11-15(27-2)7-8-18(17)23-20(16)21(24)13-3-5-14(22)6-4-13/h3-8,11,21,23H,9-10,12H2,1-2H3/t21-/m0/s1. The number of carbonyl (C=O) groups excluding carboxylic acids is 1. The lowest BCUT2D eigenvalue weighted by molar-refractivity contribution is -0.137. The fourth-order valence-electron chi connectivity index (χ4n) is 3.86. The Bertz CT molecular complexity index is 981. The van der Waals surface area contributed by atoms with E-state index in [1.54, 1.807) is 24.1 Å². The lowest BCUT2D eigenvalue weighted by Gasteiger charge is -2.36. The van der Waals surface area contributed by atoms with Gasteiger partial charge in [0.05, 0.1) is 13.2 Å². The SMILES string of the molecule is COCC(=O)N1CCc2c([nH]c3ccc(OC)cc23)[C@@H]1c1ccc(F)cc1. The predicted octanol–water partition coefficient (Wildman–Crippen LogP) is 3.44. The van der Waals surface area contributed by atoms with Crippen molar-refractivity contribution in [2.75, 3.05) is 27.4 Å². The Hall–Kier alpha value is -2.86. The Balaban J connectivity index is 1.87. The zero-order chi connectivity index (χ0) is 19.0. The maximum absolute atomic E-state index is 13.5. The molecular formula is C21H21FN2O3. The quantitative estimate of drug-likeness (QED) is 0.768. The van der Waals surface area contributed by atoms with Crippen LogP contribution in [0.5, 0.6) is 5.75 Å². The van der Waals surface area contributed by atoms with E-state index in [1.165, 1.54) is 24.8 Å². The molecule has 0 saturated carbocycles. The molecule has 2 aromatic carbocycles. The van der Waals surface area contributed by atoms with Crippen LogP contribution in [-0.2, 0) is 16.0 Å². The molecule has 6 heteroatoms. The molecule has 1 atom stereocenters. The van der Waals surface area contributed by atoms with Crippen LogP contribution in [0.1, 0.15) is 22.9 Å². The lowest BCUT2D eigenvalue weighted by atomic mass is 9.92. The number of methoxy groups -OCH3 is 2. The second-order valence-corrected chi connectivity index (χ2v) is 6.65. The Morgan fingerprint density at radius 3 is 2.70 bits per heavy atom. The van der Waals surface area contributed by atoms with Crippen LogP contribution in [0.3, 0.4) is 0 Å². The number of amides is 1. The maximum Gasteiger partial charge on any atom is 0.249 e. The molecule has 4 rings (SSSR count). The van der Waals surface area contributed by atoms with Gasteiger partial charge >= 0.3 is 0 Å². The first kappa shape index (κ1) is 17.5. The highest BCUT2D eigenvalue weighted by molar-refractivity contribution is 5.88. The van der Waals surface area contributed by atoms with Crippen molar-refractivity contribution in [3.05, 3.63) is 65.1 Å². The summed E-state index contributed by atoms with van der Waals surface area (Å²) in [6, 6.07) is 11.9. The third kappa shape index (κ3) is 3.06. The monoisotopic (exact) mass is 368 g/mol. The van der Waals surface area contributed by atoms with Gasteiger partial charge in [-0.05, 0) is 47.9 Å². The van der Waals surface area contributed by atoms with Crippen molar-refractivity contribution < 1.29 is 18.7 Å². The van der Waals surface area contributed by atoms with E-state index in [-0.39, 0.29) is 24.4 Å². The van der Waals surface area contributed by atoms with Gasteiger partial charge in [-0.1, -0.05) is 12.1 Å². The lowest BCUT2D eigenvalue weighted by Crippen LogP contribution is -2.42. The number of aromatic nitrogens is 1. The minimum absolute atomic E-state index is 0.0150. The van der Waals surface area contributed by atoms with E-state index in [2.05, 4.69) is 4.98 Å². The van der Waals surface area contributed by atoms with Crippen LogP contribution in [-0.4, -0.2) is 43.2 Å². The number of hydrogen-bond donors (Lipinski definition) is 1. The van der Waals surface area contributed by atoms with Crippen molar-refractivity contribution in [1.82, 2.24) is 9.88 Å². The number of hydrogen-bond acceptors (Lipinski definition) is 3. The Morgan fingerprint density at radius 2 is 2.00 bits per heavy atom. The smallest absolute Gasteiger partial charge is 0.249 e. The van der Waals surface area contributed by atoms with Crippen LogP contribution in [0.15, 0.2) is 42.5 Å². The van der Waals surface area contributed by atoms with Crippen molar-refractivity contribution in [3.8, 4) is 5.75 Å². The van der Waals surface area contributed by atoms with Crippen LogP contribution in [0.25, 0.3) is 10.9 Å². The summed E-state index contributed by atoms with van der Waals surface area (Å²) in [5.41, 5.74) is 3.98. The molecular weight excluding hydrogens is 347 g/mol. The number of aromatic amines is 1. The minimum Gasteiger partial charge on any atom is -0.497 e. The van der Waals surface area contributed by atoms with Gasteiger partial charge in [0.1, 0.15) is 18.2 Å². The molecule has 0 unspecified atom stereocenters. The average molecular weight is 368 g/mol. The molecule has 0 fully saturated rings. The van der Waals surface area contributed by atoms with Crippen LogP contribution in [0.4, 0.5) is 4.39 Å². The normalized spacial score (nSPS) is 16.4. The molecule has 0 radical (unpaired) electrons. The van der Waals surface area contributed by atoms with Crippen LogP contribution in [0.2, 0.25) is 0 Å². The third-order valence-corrected chi connectivity index (χ3v) is 5.11. The maximum atomic E-state index is 13.5. The van der Waals surface area contributed by atoms with E-state index in [0.29, 0.717) is 6.54 Å². The van der Waals surface area contributed by atoms with Gasteiger partial charge in [0.15, 0.2) is 0 Å². The van der Waals surface area contributed by atoms with E-state index in [0.717, 1.165) is 34.3 Å². The van der Waals surface area contributed by atoms with Gasteiger partial charge in [-0.3, -0.25) is 4.79 Å². The molecule has 0 saturated heterocycles. The number of ether oxygens (including phenoxy) is 2. The van der Waals surface area contributed by atoms with Crippen molar-refractivity contribution in [1.29, 1.82) is 0 Å². The number of fused-ring (bicyclic) bond motifs is 3. The molecule has 1 aromatic heterocycles. The molecule has 3 aromatic rings. The second kappa shape index (κ2) is 7.04. The Labute approximate surface area is 156 Å². The highest BCUT2D eigenvalue weighted by Gasteiger charge is 2.34. The van der Waals surface area contributed by atoms with Gasteiger partial charge in [-0.2, -0.15) is 0 Å². The fourth-order valence-corrected chi connectivity index (χ4v) is 3.86. The molecule has 0 bridgehead atoms. The zero-order valence-electron chi connectivity index (χ0n) is 15.3. The molecule has 1 N–H and O–H groups in total. The van der Waals surface area contributed by atoms with Gasteiger partial charge < -0.3 is 19.4 Å². The molecule has 2 heterocycles. The second-order valence-electron chi connectivity index (χ2n) is 6.65. The number of rotatable bonds is 4. The number of H-pyrrole nitrogens is 1. The van der Waals surface area contributed by atoms with E-state index in [1.807, 2.05) is 18.2 Å². The van der Waals surface area contributed by atoms with E-state index < -0.39 is 0 Å². The highest BCUT2D eigenvalue weighted by atomic mass is 19.1. The van der Waals surface area contributed by atoms with Crippen molar-refractivity contribution in [3.63, 3.8) is 0 Å². The first-order valence-corrected chi connectivity index (χ1v) is 8.84. The molecule has 1 aliphatic heterocycles. The highest BCUT2D eigenvalue weighted by Crippen LogP contribution is 2.39. The fraction of sp³-hybridized carbons (Fsp3) is 0.286. The summed E-state index contributed by atoms with van der Waals surface area (Å²) >= 11 is 0. The minimum atomic E-state index is -0.310. The number of benzene rings is 2. The van der Waals surface area contributed by atoms with Crippen molar-refractivity contribution in [2.24, 2.45) is 0 Å².